The summed E-state index contributed by atoms with van der Waals surface area (Å²) >= 11 is 0. The number of primary amides is 1. The second kappa shape index (κ2) is 6.03. The third-order valence-electron chi connectivity index (χ3n) is 2.82. The second-order valence-corrected chi connectivity index (χ2v) is 5.64. The van der Waals surface area contributed by atoms with E-state index < -0.39 is 44.2 Å². The van der Waals surface area contributed by atoms with Crippen molar-refractivity contribution >= 4 is 25.3 Å². The van der Waals surface area contributed by atoms with Crippen molar-refractivity contribution in [3.8, 4) is 0 Å². The number of rotatable bonds is 5. The number of hydrogen-bond donors (Lipinski definition) is 3. The lowest BCUT2D eigenvalue weighted by Gasteiger charge is -2.09. The molecule has 118 valence electrons. The Morgan fingerprint density at radius 2 is 2.09 bits per heavy atom. The molecule has 1 aliphatic heterocycles. The van der Waals surface area contributed by atoms with Crippen LogP contribution in [0.3, 0.4) is 0 Å². The first-order valence-corrected chi connectivity index (χ1v) is 7.46. The zero-order valence-corrected chi connectivity index (χ0v) is 11.9. The molecule has 1 aliphatic rings. The van der Waals surface area contributed by atoms with E-state index >= 15 is 0 Å². The quantitative estimate of drug-likeness (QED) is 0.324. The van der Waals surface area contributed by atoms with Gasteiger partial charge in [0.25, 0.3) is 11.7 Å². The largest absolute Gasteiger partial charge is 0.469 e. The molecule has 0 aromatic carbocycles. The Labute approximate surface area is 123 Å². The summed E-state index contributed by atoms with van der Waals surface area (Å²) in [4.78, 5) is 51.9. The Hall–Kier alpha value is -1.97. The molecule has 1 amide bonds. The third-order valence-corrected chi connectivity index (χ3v) is 3.31. The molecule has 0 bridgehead atoms. The molecule has 1 unspecified atom stereocenters. The maximum absolute atomic E-state index is 11.9. The van der Waals surface area contributed by atoms with Crippen molar-refractivity contribution in [1.82, 2.24) is 0 Å². The second-order valence-electron chi connectivity index (χ2n) is 4.40. The molecule has 2 heterocycles. The molecule has 0 radical (unpaired) electrons. The number of nitrogens with two attached hydrogens (primary N) is 1. The first-order chi connectivity index (χ1) is 10.2. The average Bonchev–Trinajstić information content (AvgIpc) is 2.72. The lowest BCUT2D eigenvalue weighted by atomic mass is 10.2. The van der Waals surface area contributed by atoms with Crippen LogP contribution in [0.5, 0.6) is 0 Å². The predicted octanol–water partition coefficient (Wildman–Crippen LogP) is -1.78. The maximum atomic E-state index is 11.9. The van der Waals surface area contributed by atoms with Gasteiger partial charge in [-0.3, -0.25) is 18.9 Å². The van der Waals surface area contributed by atoms with Gasteiger partial charge in [0.1, 0.15) is 5.56 Å². The van der Waals surface area contributed by atoms with Crippen LogP contribution in [0.15, 0.2) is 24.5 Å². The smallest absolute Gasteiger partial charge is 0.365 e. The minimum Gasteiger partial charge on any atom is -0.365 e. The Kier molecular flexibility index (Phi) is 4.50. The number of amides is 1. The summed E-state index contributed by atoms with van der Waals surface area (Å²) in [5.74, 6) is -2.63. The van der Waals surface area contributed by atoms with E-state index in [2.05, 4.69) is 4.52 Å². The lowest BCUT2D eigenvalue weighted by Crippen LogP contribution is -2.43. The zero-order valence-electron chi connectivity index (χ0n) is 11.0. The molecule has 0 spiro atoms. The summed E-state index contributed by atoms with van der Waals surface area (Å²) in [5.41, 5.74) is 5.21. The number of carbonyl (C=O) groups is 3. The van der Waals surface area contributed by atoms with E-state index in [9.17, 15) is 18.9 Å². The molecule has 10 nitrogen and oxygen atoms in total. The molecule has 1 aromatic rings. The van der Waals surface area contributed by atoms with Crippen molar-refractivity contribution in [2.75, 3.05) is 6.61 Å². The molecule has 11 heteroatoms. The number of pyridine rings is 1. The molecule has 2 atom stereocenters. The fourth-order valence-corrected chi connectivity index (χ4v) is 2.16. The van der Waals surface area contributed by atoms with E-state index in [0.29, 0.717) is 0 Å². The first kappa shape index (κ1) is 16.4. The fraction of sp³-hybridized carbons (Fsp3) is 0.273. The summed E-state index contributed by atoms with van der Waals surface area (Å²) < 4.78 is 21.1. The lowest BCUT2D eigenvalue weighted by molar-refractivity contribution is -0.745. The van der Waals surface area contributed by atoms with Gasteiger partial charge in [-0.05, 0) is 6.07 Å². The van der Waals surface area contributed by atoms with Crippen LogP contribution in [-0.2, 0) is 23.4 Å². The standard InChI is InChI=1S/C11H11N2O8P/c12-10(16)6-2-1-3-13(4-6)11-9(15)8(14)7(21-11)5-20-22(17,18)19/h1-4,7,11H,5H2,(H3-,12,16,17,18,19)/p+1/t7?,11-/m1/s1. The third kappa shape index (κ3) is 3.62. The molecule has 1 saturated heterocycles. The van der Waals surface area contributed by atoms with Gasteiger partial charge in [-0.1, -0.05) is 0 Å². The van der Waals surface area contributed by atoms with Gasteiger partial charge in [-0.2, -0.15) is 4.57 Å². The van der Waals surface area contributed by atoms with Gasteiger partial charge in [-0.25, -0.2) is 4.57 Å². The number of ether oxygens (including phenoxy) is 1. The maximum Gasteiger partial charge on any atom is 0.469 e. The Balaban J connectivity index is 2.18. The van der Waals surface area contributed by atoms with Crippen molar-refractivity contribution < 1.29 is 42.6 Å². The molecule has 4 N–H and O–H groups in total. The van der Waals surface area contributed by atoms with Crippen LogP contribution >= 0.6 is 7.82 Å². The highest BCUT2D eigenvalue weighted by molar-refractivity contribution is 7.46. The number of phosphoric ester groups is 1. The number of Topliss-reactive ketones (excluding diaryl/α,β-unsaturated/α-hetero) is 2. The molecular weight excluding hydrogens is 319 g/mol. The number of phosphoric acid groups is 1. The summed E-state index contributed by atoms with van der Waals surface area (Å²) in [6.45, 7) is -0.762. The Morgan fingerprint density at radius 1 is 1.41 bits per heavy atom. The van der Waals surface area contributed by atoms with Crippen molar-refractivity contribution in [3.63, 3.8) is 0 Å². The topological polar surface area (TPSA) is 157 Å². The fourth-order valence-electron chi connectivity index (χ4n) is 1.83. The minimum absolute atomic E-state index is 0.0984. The average molecular weight is 331 g/mol. The van der Waals surface area contributed by atoms with E-state index in [1.807, 2.05) is 0 Å². The van der Waals surface area contributed by atoms with Crippen LogP contribution in [-0.4, -0.2) is 40.0 Å². The van der Waals surface area contributed by atoms with Gasteiger partial charge in [0.15, 0.2) is 18.5 Å². The number of aromatic nitrogens is 1. The van der Waals surface area contributed by atoms with Crippen LogP contribution in [0.2, 0.25) is 0 Å². The van der Waals surface area contributed by atoms with E-state index in [0.717, 1.165) is 4.57 Å². The molecular formula is C11H12N2O8P+. The van der Waals surface area contributed by atoms with Crippen molar-refractivity contribution in [3.05, 3.63) is 30.1 Å². The van der Waals surface area contributed by atoms with Crippen LogP contribution in [0, 0.1) is 0 Å². The minimum atomic E-state index is -4.79. The Bertz CT molecular complexity index is 684. The number of hydrogen-bond acceptors (Lipinski definition) is 6. The first-order valence-electron chi connectivity index (χ1n) is 5.93. The van der Waals surface area contributed by atoms with Crippen LogP contribution in [0.1, 0.15) is 16.6 Å². The number of ketones is 2. The highest BCUT2D eigenvalue weighted by atomic mass is 31.2. The van der Waals surface area contributed by atoms with Gasteiger partial charge in [0.2, 0.25) is 5.78 Å². The normalized spacial score (nSPS) is 22.1. The molecule has 22 heavy (non-hydrogen) atoms. The van der Waals surface area contributed by atoms with Crippen LogP contribution in [0.25, 0.3) is 0 Å². The van der Waals surface area contributed by atoms with E-state index in [1.165, 1.54) is 24.5 Å². The van der Waals surface area contributed by atoms with Gasteiger partial charge in [0.05, 0.1) is 6.61 Å². The van der Waals surface area contributed by atoms with E-state index in [-0.39, 0.29) is 5.56 Å². The van der Waals surface area contributed by atoms with Crippen molar-refractivity contribution in [2.24, 2.45) is 5.73 Å². The summed E-state index contributed by atoms with van der Waals surface area (Å²) in [6, 6.07) is 2.84. The van der Waals surface area contributed by atoms with Crippen LogP contribution < -0.4 is 10.3 Å². The highest BCUT2D eigenvalue weighted by Gasteiger charge is 2.48. The van der Waals surface area contributed by atoms with Gasteiger partial charge >= 0.3 is 14.1 Å². The Morgan fingerprint density at radius 3 is 2.68 bits per heavy atom. The van der Waals surface area contributed by atoms with Crippen LogP contribution in [0.4, 0.5) is 0 Å². The highest BCUT2D eigenvalue weighted by Crippen LogP contribution is 2.36. The summed E-state index contributed by atoms with van der Waals surface area (Å²) in [6.07, 6.45) is -0.175. The SMILES string of the molecule is NC(=O)c1ccc[n+]([C@@H]2OC(COP(=O)(O)O)C(=O)C2=O)c1. The number of nitrogens with zero attached hydrogens (tertiary/aromatic N) is 1. The predicted molar refractivity (Wildman–Crippen MR) is 67.1 cm³/mol. The molecule has 0 saturated carbocycles. The molecule has 1 aromatic heterocycles. The van der Waals surface area contributed by atoms with Crippen molar-refractivity contribution in [2.45, 2.75) is 12.3 Å². The van der Waals surface area contributed by atoms with Crippen molar-refractivity contribution in [1.29, 1.82) is 0 Å². The molecule has 1 fully saturated rings. The van der Waals surface area contributed by atoms with Gasteiger partial charge in [0, 0.05) is 6.07 Å². The summed E-state index contributed by atoms with van der Waals surface area (Å²) in [7, 11) is -4.79. The zero-order chi connectivity index (χ0) is 16.5. The molecule has 2 rings (SSSR count). The van der Waals surface area contributed by atoms with E-state index in [1.54, 1.807) is 0 Å². The van der Waals surface area contributed by atoms with Gasteiger partial charge < -0.3 is 20.3 Å². The molecule has 0 aliphatic carbocycles. The van der Waals surface area contributed by atoms with E-state index in [4.69, 9.17) is 20.3 Å². The summed E-state index contributed by atoms with van der Waals surface area (Å²) in [5, 5.41) is 0. The monoisotopic (exact) mass is 331 g/mol. The van der Waals surface area contributed by atoms with Gasteiger partial charge in [-0.15, -0.1) is 0 Å². The number of carbonyl (C=O) groups excluding carboxylic acids is 3.